The van der Waals surface area contributed by atoms with E-state index in [4.69, 9.17) is 23.2 Å². The lowest BCUT2D eigenvalue weighted by atomic mass is 9.95. The minimum Gasteiger partial charge on any atom is -0.310 e. The molecule has 1 aromatic carbocycles. The number of hydrogen-bond acceptors (Lipinski definition) is 4. The number of amides is 1. The molecule has 1 aromatic heterocycles. The third-order valence-electron chi connectivity index (χ3n) is 5.53. The molecule has 1 saturated heterocycles. The lowest BCUT2D eigenvalue weighted by Crippen LogP contribution is -2.45. The molecule has 9 heteroatoms. The van der Waals surface area contributed by atoms with Crippen molar-refractivity contribution in [3.05, 3.63) is 52.3 Å². The molecule has 2 aliphatic heterocycles. The summed E-state index contributed by atoms with van der Waals surface area (Å²) < 4.78 is 27.4. The van der Waals surface area contributed by atoms with Crippen LogP contribution in [0.25, 0.3) is 0 Å². The van der Waals surface area contributed by atoms with E-state index >= 15 is 0 Å². The van der Waals surface area contributed by atoms with Crippen molar-refractivity contribution in [3.8, 4) is 0 Å². The molecule has 1 amide bonds. The number of aromatic nitrogens is 1. The maximum Gasteiger partial charge on any atom is 0.244 e. The standard InChI is InChI=1S/C20H21Cl2N3O3S/c21-15-5-6-16(22)19(13-15)29(27,28)24-11-7-14(8-12-24)20(26)25-10-2-3-17-18(25)4-1-9-23-17/h1,4-6,9,13-14H,2-3,7-8,10-12H2. The SMILES string of the molecule is O=C(C1CCN(S(=O)(=O)c2cc(Cl)ccc2Cl)CC1)N1CCCc2ncccc21. The van der Waals surface area contributed by atoms with Gasteiger partial charge in [-0.25, -0.2) is 8.42 Å². The first-order valence-corrected chi connectivity index (χ1v) is 11.8. The first kappa shape index (κ1) is 20.6. The van der Waals surface area contributed by atoms with Crippen molar-refractivity contribution in [2.45, 2.75) is 30.6 Å². The molecule has 3 heterocycles. The fourth-order valence-electron chi connectivity index (χ4n) is 4.00. The summed E-state index contributed by atoms with van der Waals surface area (Å²) in [6, 6.07) is 8.18. The number of carbonyl (C=O) groups excluding carboxylic acids is 1. The van der Waals surface area contributed by atoms with Gasteiger partial charge in [-0.15, -0.1) is 0 Å². The molecular formula is C20H21Cl2N3O3S. The molecule has 0 atom stereocenters. The summed E-state index contributed by atoms with van der Waals surface area (Å²) in [6.45, 7) is 1.22. The zero-order valence-corrected chi connectivity index (χ0v) is 18.1. The lowest BCUT2D eigenvalue weighted by Gasteiger charge is -2.35. The van der Waals surface area contributed by atoms with Crippen molar-refractivity contribution in [2.24, 2.45) is 5.92 Å². The first-order chi connectivity index (χ1) is 13.9. The van der Waals surface area contributed by atoms with E-state index in [2.05, 4.69) is 4.98 Å². The number of sulfonamides is 1. The Morgan fingerprint density at radius 3 is 2.62 bits per heavy atom. The van der Waals surface area contributed by atoms with Gasteiger partial charge in [0.05, 0.1) is 16.4 Å². The minimum absolute atomic E-state index is 0.00692. The van der Waals surface area contributed by atoms with Gasteiger partial charge in [0.15, 0.2) is 0 Å². The van der Waals surface area contributed by atoms with E-state index in [9.17, 15) is 13.2 Å². The highest BCUT2D eigenvalue weighted by atomic mass is 35.5. The lowest BCUT2D eigenvalue weighted by molar-refractivity contribution is -0.123. The second-order valence-electron chi connectivity index (χ2n) is 7.32. The van der Waals surface area contributed by atoms with Gasteiger partial charge in [-0.2, -0.15) is 4.31 Å². The van der Waals surface area contributed by atoms with E-state index in [1.165, 1.54) is 16.4 Å². The number of pyridine rings is 1. The van der Waals surface area contributed by atoms with Crippen LogP contribution in [0, 0.1) is 5.92 Å². The third-order valence-corrected chi connectivity index (χ3v) is 8.15. The molecule has 2 aliphatic rings. The van der Waals surface area contributed by atoms with Crippen LogP contribution < -0.4 is 4.90 Å². The maximum atomic E-state index is 13.1. The Kier molecular flexibility index (Phi) is 5.84. The Balaban J connectivity index is 1.47. The quantitative estimate of drug-likeness (QED) is 0.708. The first-order valence-electron chi connectivity index (χ1n) is 9.58. The predicted molar refractivity (Wildman–Crippen MR) is 113 cm³/mol. The van der Waals surface area contributed by atoms with Gasteiger partial charge in [-0.3, -0.25) is 9.78 Å². The van der Waals surface area contributed by atoms with Gasteiger partial charge >= 0.3 is 0 Å². The fraction of sp³-hybridized carbons (Fsp3) is 0.400. The second-order valence-corrected chi connectivity index (χ2v) is 10.1. The molecule has 29 heavy (non-hydrogen) atoms. The monoisotopic (exact) mass is 453 g/mol. The van der Waals surface area contributed by atoms with Crippen molar-refractivity contribution < 1.29 is 13.2 Å². The smallest absolute Gasteiger partial charge is 0.244 e. The molecule has 0 N–H and O–H groups in total. The molecular weight excluding hydrogens is 433 g/mol. The summed E-state index contributed by atoms with van der Waals surface area (Å²) in [4.78, 5) is 19.3. The van der Waals surface area contributed by atoms with E-state index in [0.717, 1.165) is 24.2 Å². The average Bonchev–Trinajstić information content (AvgIpc) is 2.74. The Labute approximate surface area is 180 Å². The van der Waals surface area contributed by atoms with Crippen LogP contribution >= 0.6 is 23.2 Å². The third kappa shape index (κ3) is 4.01. The topological polar surface area (TPSA) is 70.6 Å². The molecule has 2 aromatic rings. The van der Waals surface area contributed by atoms with Crippen LogP contribution in [0.3, 0.4) is 0 Å². The van der Waals surface area contributed by atoms with E-state index < -0.39 is 10.0 Å². The summed E-state index contributed by atoms with van der Waals surface area (Å²) in [6.07, 6.45) is 4.45. The van der Waals surface area contributed by atoms with Crippen LogP contribution in [0.15, 0.2) is 41.4 Å². The zero-order chi connectivity index (χ0) is 20.6. The van der Waals surface area contributed by atoms with Crippen LogP contribution in [0.2, 0.25) is 10.0 Å². The molecule has 0 spiro atoms. The number of aryl methyl sites for hydroxylation is 1. The van der Waals surface area contributed by atoms with E-state index in [1.807, 2.05) is 17.0 Å². The van der Waals surface area contributed by atoms with E-state index in [1.54, 1.807) is 12.3 Å². The number of nitrogens with zero attached hydrogens (tertiary/aromatic N) is 3. The second kappa shape index (κ2) is 8.22. The molecule has 1 fully saturated rings. The van der Waals surface area contributed by atoms with Crippen molar-refractivity contribution >= 4 is 44.8 Å². The van der Waals surface area contributed by atoms with Gasteiger partial charge in [0.1, 0.15) is 4.90 Å². The van der Waals surface area contributed by atoms with Crippen LogP contribution in [-0.4, -0.2) is 43.2 Å². The number of halogens is 2. The molecule has 0 aliphatic carbocycles. The highest BCUT2D eigenvalue weighted by molar-refractivity contribution is 7.89. The predicted octanol–water partition coefficient (Wildman–Crippen LogP) is 3.77. The van der Waals surface area contributed by atoms with Gasteiger partial charge in [0.2, 0.25) is 15.9 Å². The van der Waals surface area contributed by atoms with Crippen molar-refractivity contribution in [1.29, 1.82) is 0 Å². The van der Waals surface area contributed by atoms with Crippen molar-refractivity contribution in [1.82, 2.24) is 9.29 Å². The summed E-state index contributed by atoms with van der Waals surface area (Å²) >= 11 is 12.1. The van der Waals surface area contributed by atoms with Gasteiger partial charge < -0.3 is 4.90 Å². The van der Waals surface area contributed by atoms with Crippen molar-refractivity contribution in [3.63, 3.8) is 0 Å². The normalized spacial score (nSPS) is 18.5. The van der Waals surface area contributed by atoms with E-state index in [0.29, 0.717) is 24.4 Å². The minimum atomic E-state index is -3.76. The number of carbonyl (C=O) groups is 1. The number of rotatable bonds is 3. The largest absolute Gasteiger partial charge is 0.310 e. The molecule has 6 nitrogen and oxygen atoms in total. The fourth-order valence-corrected chi connectivity index (χ4v) is 6.21. The number of fused-ring (bicyclic) bond motifs is 1. The molecule has 0 unspecified atom stereocenters. The summed E-state index contributed by atoms with van der Waals surface area (Å²) in [5.74, 6) is -0.153. The molecule has 154 valence electrons. The zero-order valence-electron chi connectivity index (χ0n) is 15.7. The Hall–Kier alpha value is -1.67. The number of benzene rings is 1. The highest BCUT2D eigenvalue weighted by Gasteiger charge is 2.36. The Bertz CT molecular complexity index is 1040. The number of piperidine rings is 1. The molecule has 4 rings (SSSR count). The molecule has 0 saturated carbocycles. The van der Waals surface area contributed by atoms with Gasteiger partial charge in [0, 0.05) is 36.8 Å². The number of anilines is 1. The summed E-state index contributed by atoms with van der Waals surface area (Å²) in [5, 5.41) is 0.459. The number of hydrogen-bond donors (Lipinski definition) is 0. The van der Waals surface area contributed by atoms with Crippen LogP contribution in [-0.2, 0) is 21.2 Å². The van der Waals surface area contributed by atoms with E-state index in [-0.39, 0.29) is 34.8 Å². The summed E-state index contributed by atoms with van der Waals surface area (Å²) in [5.41, 5.74) is 1.83. The summed E-state index contributed by atoms with van der Waals surface area (Å²) in [7, 11) is -3.76. The Morgan fingerprint density at radius 1 is 1.10 bits per heavy atom. The molecule has 0 radical (unpaired) electrons. The van der Waals surface area contributed by atoms with Gasteiger partial charge in [-0.1, -0.05) is 23.2 Å². The van der Waals surface area contributed by atoms with Gasteiger partial charge in [0.25, 0.3) is 0 Å². The maximum absolute atomic E-state index is 13.1. The van der Waals surface area contributed by atoms with Gasteiger partial charge in [-0.05, 0) is 56.0 Å². The Morgan fingerprint density at radius 2 is 1.86 bits per heavy atom. The van der Waals surface area contributed by atoms with Crippen molar-refractivity contribution in [2.75, 3.05) is 24.5 Å². The highest BCUT2D eigenvalue weighted by Crippen LogP contribution is 2.32. The van der Waals surface area contributed by atoms with Crippen LogP contribution in [0.4, 0.5) is 5.69 Å². The van der Waals surface area contributed by atoms with Crippen LogP contribution in [0.1, 0.15) is 25.0 Å². The molecule has 0 bridgehead atoms. The average molecular weight is 454 g/mol. The van der Waals surface area contributed by atoms with Crippen LogP contribution in [0.5, 0.6) is 0 Å².